The SMILES string of the molecule is O=C1/C(=C\c2cccn2Cc2ccccc2[N+](=O)[O-])SC(=S)N1c1ccc(Br)cc1. The molecule has 9 heteroatoms. The zero-order valence-electron chi connectivity index (χ0n) is 15.4. The van der Waals surface area contributed by atoms with Crippen LogP contribution in [-0.4, -0.2) is 19.7 Å². The van der Waals surface area contributed by atoms with Crippen LogP contribution in [0.5, 0.6) is 0 Å². The molecule has 1 aromatic heterocycles. The third-order valence-electron chi connectivity index (χ3n) is 4.55. The summed E-state index contributed by atoms with van der Waals surface area (Å²) in [5.74, 6) is -0.189. The molecule has 0 bridgehead atoms. The Balaban J connectivity index is 1.62. The average molecular weight is 500 g/mol. The smallest absolute Gasteiger partial charge is 0.274 e. The first-order valence-electron chi connectivity index (χ1n) is 8.85. The van der Waals surface area contributed by atoms with Crippen molar-refractivity contribution in [3.63, 3.8) is 0 Å². The number of hydrogen-bond donors (Lipinski definition) is 0. The van der Waals surface area contributed by atoms with Gasteiger partial charge in [-0.3, -0.25) is 19.8 Å². The summed E-state index contributed by atoms with van der Waals surface area (Å²) < 4.78 is 3.25. The molecule has 0 spiro atoms. The van der Waals surface area contributed by atoms with Crippen LogP contribution in [0.3, 0.4) is 0 Å². The van der Waals surface area contributed by atoms with E-state index in [4.69, 9.17) is 12.2 Å². The number of anilines is 1. The quantitative estimate of drug-likeness (QED) is 0.197. The van der Waals surface area contributed by atoms with E-state index in [0.717, 1.165) is 10.2 Å². The van der Waals surface area contributed by atoms with Crippen molar-refractivity contribution in [2.45, 2.75) is 6.54 Å². The Morgan fingerprint density at radius 2 is 1.83 bits per heavy atom. The van der Waals surface area contributed by atoms with Gasteiger partial charge in [-0.05, 0) is 42.5 Å². The summed E-state index contributed by atoms with van der Waals surface area (Å²) in [4.78, 5) is 25.9. The zero-order chi connectivity index (χ0) is 21.3. The van der Waals surface area contributed by atoms with Gasteiger partial charge in [0.1, 0.15) is 0 Å². The predicted octanol–water partition coefficient (Wildman–Crippen LogP) is 5.61. The van der Waals surface area contributed by atoms with E-state index < -0.39 is 0 Å². The zero-order valence-corrected chi connectivity index (χ0v) is 18.6. The van der Waals surface area contributed by atoms with Gasteiger partial charge in [0, 0.05) is 28.0 Å². The molecule has 0 radical (unpaired) electrons. The molecular formula is C21H14BrN3O3S2. The third-order valence-corrected chi connectivity index (χ3v) is 6.38. The van der Waals surface area contributed by atoms with Gasteiger partial charge in [-0.25, -0.2) is 0 Å². The number of rotatable bonds is 5. The molecule has 6 nitrogen and oxygen atoms in total. The first-order chi connectivity index (χ1) is 14.4. The van der Waals surface area contributed by atoms with E-state index >= 15 is 0 Å². The Hall–Kier alpha value is -2.75. The van der Waals surface area contributed by atoms with Gasteiger partial charge in [0.15, 0.2) is 4.32 Å². The normalized spacial score (nSPS) is 15.2. The van der Waals surface area contributed by atoms with E-state index in [2.05, 4.69) is 15.9 Å². The minimum atomic E-state index is -0.387. The summed E-state index contributed by atoms with van der Waals surface area (Å²) in [6.45, 7) is 0.322. The van der Waals surface area contributed by atoms with Gasteiger partial charge in [0.05, 0.1) is 22.1 Å². The van der Waals surface area contributed by atoms with Gasteiger partial charge in [0.2, 0.25) is 0 Å². The number of nitro benzene ring substituents is 1. The highest BCUT2D eigenvalue weighted by Gasteiger charge is 2.33. The Kier molecular flexibility index (Phi) is 5.85. The number of nitrogens with zero attached hydrogens (tertiary/aromatic N) is 3. The number of carbonyl (C=O) groups is 1. The van der Waals surface area contributed by atoms with Crippen molar-refractivity contribution in [1.82, 2.24) is 4.57 Å². The Bertz CT molecular complexity index is 1190. The van der Waals surface area contributed by atoms with Gasteiger partial charge < -0.3 is 4.57 Å². The van der Waals surface area contributed by atoms with Crippen LogP contribution >= 0.6 is 39.9 Å². The van der Waals surface area contributed by atoms with Crippen molar-refractivity contribution >= 4 is 67.6 Å². The topological polar surface area (TPSA) is 68.4 Å². The van der Waals surface area contributed by atoms with Crippen LogP contribution in [0, 0.1) is 10.1 Å². The summed E-state index contributed by atoms with van der Waals surface area (Å²) in [6, 6.07) is 17.7. The lowest BCUT2D eigenvalue weighted by atomic mass is 10.2. The van der Waals surface area contributed by atoms with Crippen LogP contribution in [-0.2, 0) is 11.3 Å². The number of hydrogen-bond acceptors (Lipinski definition) is 5. The molecule has 1 saturated heterocycles. The van der Waals surface area contributed by atoms with E-state index in [0.29, 0.717) is 27.0 Å². The number of amides is 1. The standard InChI is InChI=1S/C21H14BrN3O3S2/c22-15-7-9-16(10-8-15)24-20(26)19(30-21(24)29)12-17-5-3-11-23(17)13-14-4-1-2-6-18(14)25(27)28/h1-12H,13H2/b19-12+. The molecular weight excluding hydrogens is 486 g/mol. The molecule has 0 N–H and O–H groups in total. The van der Waals surface area contributed by atoms with E-state index in [1.165, 1.54) is 22.7 Å². The summed E-state index contributed by atoms with van der Waals surface area (Å²) in [6.07, 6.45) is 3.60. The summed E-state index contributed by atoms with van der Waals surface area (Å²) >= 11 is 10.0. The van der Waals surface area contributed by atoms with Crippen molar-refractivity contribution in [1.29, 1.82) is 0 Å². The van der Waals surface area contributed by atoms with Crippen LogP contribution < -0.4 is 4.90 Å². The molecule has 1 aliphatic rings. The van der Waals surface area contributed by atoms with Crippen molar-refractivity contribution in [3.05, 3.63) is 97.6 Å². The highest BCUT2D eigenvalue weighted by molar-refractivity contribution is 9.10. The van der Waals surface area contributed by atoms with Crippen molar-refractivity contribution < 1.29 is 9.72 Å². The number of para-hydroxylation sites is 1. The van der Waals surface area contributed by atoms with Gasteiger partial charge >= 0.3 is 0 Å². The van der Waals surface area contributed by atoms with Crippen LogP contribution in [0.4, 0.5) is 11.4 Å². The number of benzene rings is 2. The lowest BCUT2D eigenvalue weighted by Crippen LogP contribution is -2.27. The van der Waals surface area contributed by atoms with E-state index in [9.17, 15) is 14.9 Å². The molecule has 3 aromatic rings. The van der Waals surface area contributed by atoms with Crippen LogP contribution in [0.25, 0.3) is 6.08 Å². The van der Waals surface area contributed by atoms with Crippen molar-refractivity contribution in [2.24, 2.45) is 0 Å². The largest absolute Gasteiger partial charge is 0.343 e. The highest BCUT2D eigenvalue weighted by Crippen LogP contribution is 2.36. The molecule has 1 amide bonds. The molecule has 2 heterocycles. The van der Waals surface area contributed by atoms with Crippen LogP contribution in [0.15, 0.2) is 76.2 Å². The number of thiocarbonyl (C=S) groups is 1. The predicted molar refractivity (Wildman–Crippen MR) is 126 cm³/mol. The maximum Gasteiger partial charge on any atom is 0.274 e. The van der Waals surface area contributed by atoms with Crippen LogP contribution in [0.1, 0.15) is 11.3 Å². The molecule has 0 aliphatic carbocycles. The first kappa shape index (κ1) is 20.5. The third kappa shape index (κ3) is 4.09. The summed E-state index contributed by atoms with van der Waals surface area (Å²) in [5, 5.41) is 11.3. The Labute approximate surface area is 190 Å². The molecule has 4 rings (SSSR count). The second-order valence-corrected chi connectivity index (χ2v) is 9.03. The van der Waals surface area contributed by atoms with Gasteiger partial charge in [0.25, 0.3) is 11.6 Å². The second kappa shape index (κ2) is 8.55. The molecule has 0 unspecified atom stereocenters. The number of nitro groups is 1. The molecule has 1 aliphatic heterocycles. The fourth-order valence-corrected chi connectivity index (χ4v) is 4.67. The Morgan fingerprint density at radius 1 is 1.10 bits per heavy atom. The molecule has 1 fully saturated rings. The van der Waals surface area contributed by atoms with Crippen molar-refractivity contribution in [2.75, 3.05) is 4.90 Å². The summed E-state index contributed by atoms with van der Waals surface area (Å²) in [5.41, 5.74) is 2.14. The molecule has 2 aromatic carbocycles. The maximum absolute atomic E-state index is 13.0. The number of aromatic nitrogens is 1. The monoisotopic (exact) mass is 499 g/mol. The highest BCUT2D eigenvalue weighted by atomic mass is 79.9. The number of thioether (sulfide) groups is 1. The fourth-order valence-electron chi connectivity index (χ4n) is 3.12. The van der Waals surface area contributed by atoms with Gasteiger partial charge in [-0.1, -0.05) is 58.1 Å². The average Bonchev–Trinajstić information content (AvgIpc) is 3.27. The van der Waals surface area contributed by atoms with E-state index in [1.807, 2.05) is 47.2 Å². The molecule has 0 saturated carbocycles. The molecule has 150 valence electrons. The second-order valence-electron chi connectivity index (χ2n) is 6.44. The van der Waals surface area contributed by atoms with Crippen molar-refractivity contribution in [3.8, 4) is 0 Å². The summed E-state index contributed by atoms with van der Waals surface area (Å²) in [7, 11) is 0. The minimum absolute atomic E-state index is 0.0683. The maximum atomic E-state index is 13.0. The minimum Gasteiger partial charge on any atom is -0.343 e. The Morgan fingerprint density at radius 3 is 2.57 bits per heavy atom. The van der Waals surface area contributed by atoms with E-state index in [-0.39, 0.29) is 16.5 Å². The van der Waals surface area contributed by atoms with E-state index in [1.54, 1.807) is 24.3 Å². The molecule has 30 heavy (non-hydrogen) atoms. The lowest BCUT2D eigenvalue weighted by Gasteiger charge is -2.14. The first-order valence-corrected chi connectivity index (χ1v) is 10.9. The lowest BCUT2D eigenvalue weighted by molar-refractivity contribution is -0.385. The fraction of sp³-hybridized carbons (Fsp3) is 0.0476. The van der Waals surface area contributed by atoms with Crippen LogP contribution in [0.2, 0.25) is 0 Å². The number of carbonyl (C=O) groups excluding carboxylic acids is 1. The number of halogens is 1. The van der Waals surface area contributed by atoms with Gasteiger partial charge in [-0.2, -0.15) is 0 Å². The molecule has 0 atom stereocenters. The van der Waals surface area contributed by atoms with Gasteiger partial charge in [-0.15, -0.1) is 0 Å².